The Labute approximate surface area is 268 Å². The van der Waals surface area contributed by atoms with Crippen LogP contribution < -0.4 is 4.74 Å². The number of fused-ring (bicyclic) bond motifs is 1. The van der Waals surface area contributed by atoms with E-state index in [1.165, 1.54) is 55.2 Å². The molecule has 3 aromatic rings. The molecule has 2 aliphatic carbocycles. The molecule has 0 heterocycles. The lowest BCUT2D eigenvalue weighted by atomic mass is 9.80. The molecule has 1 saturated carbocycles. The molecule has 5 rings (SSSR count). The lowest BCUT2D eigenvalue weighted by Gasteiger charge is -2.36. The standard InChI is InChI=1S/C39H49NO5/c41-38(42)15-6-7-25-40(36-13-8-12-33-27-34(39(43)44)22-23-35(33)36)26-24-32-11-4-5-14-37(32)45-28-31-20-18-30(19-21-31)17-16-29-9-2-1-3-10-29/h1-5,9-11,14,22-23,27,30-31,36H,6-8,12-13,15-21,24-26,28H2,(H,41,42)(H,43,44)/t30-,31+,36?. The van der Waals surface area contributed by atoms with Gasteiger partial charge in [0.15, 0.2) is 0 Å². The minimum absolute atomic E-state index is 0.183. The minimum atomic E-state index is -0.891. The largest absolute Gasteiger partial charge is 0.493 e. The molecular formula is C39H49NO5. The monoisotopic (exact) mass is 611 g/mol. The fourth-order valence-electron chi connectivity index (χ4n) is 7.34. The molecule has 0 aromatic heterocycles. The van der Waals surface area contributed by atoms with Crippen molar-refractivity contribution < 1.29 is 24.5 Å². The van der Waals surface area contributed by atoms with Crippen LogP contribution in [0.15, 0.2) is 72.8 Å². The molecule has 45 heavy (non-hydrogen) atoms. The average molecular weight is 612 g/mol. The molecule has 0 saturated heterocycles. The lowest BCUT2D eigenvalue weighted by molar-refractivity contribution is -0.137. The maximum absolute atomic E-state index is 11.6. The molecule has 1 fully saturated rings. The number of aliphatic carboxylic acids is 1. The molecule has 0 bridgehead atoms. The molecule has 0 spiro atoms. The predicted octanol–water partition coefficient (Wildman–Crippen LogP) is 8.38. The van der Waals surface area contributed by atoms with Crippen molar-refractivity contribution in [1.29, 1.82) is 0 Å². The first-order chi connectivity index (χ1) is 22.0. The zero-order valence-electron chi connectivity index (χ0n) is 26.5. The highest BCUT2D eigenvalue weighted by molar-refractivity contribution is 5.88. The third-order valence-electron chi connectivity index (χ3n) is 9.97. The van der Waals surface area contributed by atoms with Crippen LogP contribution in [0.3, 0.4) is 0 Å². The Morgan fingerprint density at radius 2 is 1.56 bits per heavy atom. The number of carboxylic acid groups (broad SMARTS) is 2. The van der Waals surface area contributed by atoms with E-state index in [1.54, 1.807) is 6.07 Å². The highest BCUT2D eigenvalue weighted by Crippen LogP contribution is 2.36. The number of rotatable bonds is 16. The maximum Gasteiger partial charge on any atom is 0.335 e. The number of benzene rings is 3. The van der Waals surface area contributed by atoms with Gasteiger partial charge in [-0.3, -0.25) is 9.69 Å². The molecular weight excluding hydrogens is 562 g/mol. The summed E-state index contributed by atoms with van der Waals surface area (Å²) in [7, 11) is 0. The second-order valence-corrected chi connectivity index (χ2v) is 13.1. The van der Waals surface area contributed by atoms with E-state index in [4.69, 9.17) is 9.84 Å². The van der Waals surface area contributed by atoms with E-state index in [2.05, 4.69) is 59.5 Å². The number of aromatic carboxylic acids is 1. The topological polar surface area (TPSA) is 87.1 Å². The van der Waals surface area contributed by atoms with Gasteiger partial charge in [-0.1, -0.05) is 67.4 Å². The van der Waals surface area contributed by atoms with E-state index in [1.807, 2.05) is 12.1 Å². The molecule has 1 unspecified atom stereocenters. The third kappa shape index (κ3) is 9.67. The Bertz CT molecular complexity index is 1380. The fourth-order valence-corrected chi connectivity index (χ4v) is 7.34. The summed E-state index contributed by atoms with van der Waals surface area (Å²) in [5, 5.41) is 18.7. The van der Waals surface area contributed by atoms with Gasteiger partial charge in [0.25, 0.3) is 0 Å². The lowest BCUT2D eigenvalue weighted by Crippen LogP contribution is -2.34. The molecule has 6 nitrogen and oxygen atoms in total. The van der Waals surface area contributed by atoms with E-state index in [0.29, 0.717) is 17.9 Å². The molecule has 0 aliphatic heterocycles. The Hall–Kier alpha value is -3.64. The predicted molar refractivity (Wildman–Crippen MR) is 178 cm³/mol. The zero-order valence-corrected chi connectivity index (χ0v) is 26.5. The van der Waals surface area contributed by atoms with E-state index in [0.717, 1.165) is 69.0 Å². The van der Waals surface area contributed by atoms with Crippen molar-refractivity contribution in [3.63, 3.8) is 0 Å². The first-order valence-electron chi connectivity index (χ1n) is 17.0. The van der Waals surface area contributed by atoms with Crippen LogP contribution in [0.5, 0.6) is 5.75 Å². The molecule has 240 valence electrons. The highest BCUT2D eigenvalue weighted by Gasteiger charge is 2.27. The van der Waals surface area contributed by atoms with E-state index in [-0.39, 0.29) is 12.5 Å². The van der Waals surface area contributed by atoms with Crippen LogP contribution in [0.1, 0.15) is 103 Å². The fraction of sp³-hybridized carbons (Fsp3) is 0.487. The molecule has 6 heteroatoms. The van der Waals surface area contributed by atoms with Gasteiger partial charge in [-0.15, -0.1) is 0 Å². The van der Waals surface area contributed by atoms with Crippen LogP contribution in [0.2, 0.25) is 0 Å². The Morgan fingerprint density at radius 3 is 2.33 bits per heavy atom. The van der Waals surface area contributed by atoms with Gasteiger partial charge in [0.2, 0.25) is 0 Å². The molecule has 2 N–H and O–H groups in total. The van der Waals surface area contributed by atoms with Gasteiger partial charge in [0, 0.05) is 19.0 Å². The van der Waals surface area contributed by atoms with Crippen LogP contribution >= 0.6 is 0 Å². The Morgan fingerprint density at radius 1 is 0.800 bits per heavy atom. The van der Waals surface area contributed by atoms with Gasteiger partial charge >= 0.3 is 11.9 Å². The average Bonchev–Trinajstić information content (AvgIpc) is 3.07. The summed E-state index contributed by atoms with van der Waals surface area (Å²) in [4.78, 5) is 25.2. The van der Waals surface area contributed by atoms with Crippen molar-refractivity contribution in [2.24, 2.45) is 11.8 Å². The summed E-state index contributed by atoms with van der Waals surface area (Å²) in [5.41, 5.74) is 5.34. The second kappa shape index (κ2) is 16.6. The van der Waals surface area contributed by atoms with Crippen LogP contribution in [0.4, 0.5) is 0 Å². The SMILES string of the molecule is O=C(O)CCCCN(CCc1ccccc1OC[C@H]1CC[C@@H](CCc2ccccc2)CC1)C1CCCc2cc(C(=O)O)ccc21. The van der Waals surface area contributed by atoms with Crippen molar-refractivity contribution in [3.8, 4) is 5.75 Å². The number of aryl methyl sites for hydroxylation is 2. The number of nitrogens with zero attached hydrogens (tertiary/aromatic N) is 1. The van der Waals surface area contributed by atoms with Crippen molar-refractivity contribution >= 4 is 11.9 Å². The van der Waals surface area contributed by atoms with Crippen molar-refractivity contribution in [3.05, 3.63) is 101 Å². The number of hydrogen-bond donors (Lipinski definition) is 2. The summed E-state index contributed by atoms with van der Waals surface area (Å²) >= 11 is 0. The van der Waals surface area contributed by atoms with Crippen LogP contribution in [-0.2, 0) is 24.1 Å². The molecule has 3 aromatic carbocycles. The van der Waals surface area contributed by atoms with E-state index >= 15 is 0 Å². The zero-order chi connectivity index (χ0) is 31.4. The van der Waals surface area contributed by atoms with Gasteiger partial charge < -0.3 is 14.9 Å². The maximum atomic E-state index is 11.6. The summed E-state index contributed by atoms with van der Waals surface area (Å²) in [6.45, 7) is 2.42. The molecule has 0 radical (unpaired) electrons. The number of ether oxygens (including phenoxy) is 1. The quantitative estimate of drug-likeness (QED) is 0.158. The van der Waals surface area contributed by atoms with Crippen molar-refractivity contribution in [1.82, 2.24) is 4.90 Å². The normalized spacial score (nSPS) is 19.6. The van der Waals surface area contributed by atoms with Crippen molar-refractivity contribution in [2.75, 3.05) is 19.7 Å². The Kier molecular flexibility index (Phi) is 12.1. The van der Waals surface area contributed by atoms with Gasteiger partial charge in [-0.25, -0.2) is 4.79 Å². The first-order valence-corrected chi connectivity index (χ1v) is 17.0. The molecule has 2 aliphatic rings. The summed E-state index contributed by atoms with van der Waals surface area (Å²) < 4.78 is 6.50. The van der Waals surface area contributed by atoms with Crippen LogP contribution in [0, 0.1) is 11.8 Å². The number of hydrogen-bond acceptors (Lipinski definition) is 4. The first kappa shape index (κ1) is 32.7. The molecule has 0 amide bonds. The van der Waals surface area contributed by atoms with E-state index < -0.39 is 11.9 Å². The van der Waals surface area contributed by atoms with Gasteiger partial charge in [0.05, 0.1) is 12.2 Å². The summed E-state index contributed by atoms with van der Waals surface area (Å²) in [6, 6.07) is 25.0. The van der Waals surface area contributed by atoms with Crippen LogP contribution in [0.25, 0.3) is 0 Å². The van der Waals surface area contributed by atoms with Gasteiger partial charge in [0.1, 0.15) is 5.75 Å². The van der Waals surface area contributed by atoms with Crippen molar-refractivity contribution in [2.45, 2.75) is 89.5 Å². The third-order valence-corrected chi connectivity index (χ3v) is 9.97. The smallest absolute Gasteiger partial charge is 0.335 e. The number of para-hydroxylation sites is 1. The second-order valence-electron chi connectivity index (χ2n) is 13.1. The van der Waals surface area contributed by atoms with Gasteiger partial charge in [-0.2, -0.15) is 0 Å². The molecule has 1 atom stereocenters. The van der Waals surface area contributed by atoms with E-state index in [9.17, 15) is 14.7 Å². The van der Waals surface area contributed by atoms with Crippen LogP contribution in [-0.4, -0.2) is 46.7 Å². The number of unbranched alkanes of at least 4 members (excludes halogenated alkanes) is 1. The minimum Gasteiger partial charge on any atom is -0.493 e. The van der Waals surface area contributed by atoms with Gasteiger partial charge in [-0.05, 0) is 123 Å². The highest BCUT2D eigenvalue weighted by atomic mass is 16.5. The Balaban J connectivity index is 1.17. The summed E-state index contributed by atoms with van der Waals surface area (Å²) in [5.74, 6) is 0.752. The summed E-state index contributed by atoms with van der Waals surface area (Å²) in [6.07, 6.45) is 12.9. The number of carboxylic acids is 2. The number of carbonyl (C=O) groups is 2.